The Bertz CT molecular complexity index is 1020. The van der Waals surface area contributed by atoms with Gasteiger partial charge in [0, 0.05) is 53.9 Å². The fourth-order valence-corrected chi connectivity index (χ4v) is 5.15. The molecule has 0 saturated carbocycles. The molecule has 0 fully saturated rings. The number of aromatic nitrogens is 2. The Balaban J connectivity index is 0.000000202. The SMILES string of the molecule is CC(C)(C)Nc1ccc2c(c1)CCN(C(C)(C)C)C2.CC(C)(C)c1n[nH]c2c1CCN(C(C)(C)C)C2. The van der Waals surface area contributed by atoms with E-state index in [4.69, 9.17) is 0 Å². The number of anilines is 1. The number of rotatable bonds is 1. The summed E-state index contributed by atoms with van der Waals surface area (Å²) in [6.07, 6.45) is 2.28. The third-order valence-electron chi connectivity index (χ3n) is 7.28. The molecule has 0 radical (unpaired) electrons. The number of benzene rings is 1. The molecule has 2 aromatic rings. The molecule has 0 unspecified atom stereocenters. The number of hydrogen-bond donors (Lipinski definition) is 2. The molecule has 0 atom stereocenters. The van der Waals surface area contributed by atoms with Gasteiger partial charge in [0.05, 0.1) is 11.4 Å². The van der Waals surface area contributed by atoms with E-state index in [1.165, 1.54) is 33.8 Å². The van der Waals surface area contributed by atoms with Gasteiger partial charge in [-0.25, -0.2) is 0 Å². The van der Waals surface area contributed by atoms with E-state index in [-0.39, 0.29) is 22.0 Å². The molecule has 202 valence electrons. The van der Waals surface area contributed by atoms with Crippen molar-refractivity contribution in [2.45, 2.75) is 131 Å². The van der Waals surface area contributed by atoms with Gasteiger partial charge < -0.3 is 5.32 Å². The van der Waals surface area contributed by atoms with E-state index < -0.39 is 0 Å². The first kappa shape index (κ1) is 28.7. The first-order valence-corrected chi connectivity index (χ1v) is 13.8. The predicted molar refractivity (Wildman–Crippen MR) is 155 cm³/mol. The van der Waals surface area contributed by atoms with Crippen LogP contribution in [0.25, 0.3) is 0 Å². The van der Waals surface area contributed by atoms with Crippen LogP contribution in [0.4, 0.5) is 5.69 Å². The smallest absolute Gasteiger partial charge is 0.0711 e. The minimum Gasteiger partial charge on any atom is -0.380 e. The summed E-state index contributed by atoms with van der Waals surface area (Å²) < 4.78 is 0. The van der Waals surface area contributed by atoms with Crippen molar-refractivity contribution in [3.8, 4) is 0 Å². The Hall–Kier alpha value is -1.85. The number of nitrogens with one attached hydrogen (secondary N) is 2. The van der Waals surface area contributed by atoms with Gasteiger partial charge in [-0.05, 0) is 104 Å². The first-order valence-electron chi connectivity index (χ1n) is 13.8. The van der Waals surface area contributed by atoms with E-state index in [9.17, 15) is 0 Å². The summed E-state index contributed by atoms with van der Waals surface area (Å²) in [6.45, 7) is 31.4. The molecule has 4 rings (SSSR count). The van der Waals surface area contributed by atoms with Crippen LogP contribution >= 0.6 is 0 Å². The lowest BCUT2D eigenvalue weighted by Crippen LogP contribution is -2.44. The van der Waals surface area contributed by atoms with Crippen molar-refractivity contribution in [2.75, 3.05) is 18.4 Å². The number of fused-ring (bicyclic) bond motifs is 2. The summed E-state index contributed by atoms with van der Waals surface area (Å²) in [4.78, 5) is 5.08. The average molecular weight is 496 g/mol. The summed E-state index contributed by atoms with van der Waals surface area (Å²) in [7, 11) is 0. The van der Waals surface area contributed by atoms with Gasteiger partial charge in [-0.15, -0.1) is 0 Å². The van der Waals surface area contributed by atoms with Gasteiger partial charge in [0.25, 0.3) is 0 Å². The topological polar surface area (TPSA) is 47.2 Å². The molecule has 0 bridgehead atoms. The van der Waals surface area contributed by atoms with E-state index in [0.29, 0.717) is 0 Å². The van der Waals surface area contributed by atoms with Crippen molar-refractivity contribution >= 4 is 5.69 Å². The number of hydrogen-bond acceptors (Lipinski definition) is 4. The predicted octanol–water partition coefficient (Wildman–Crippen LogP) is 6.92. The van der Waals surface area contributed by atoms with Crippen LogP contribution in [-0.4, -0.2) is 49.7 Å². The highest BCUT2D eigenvalue weighted by molar-refractivity contribution is 5.50. The minimum atomic E-state index is 0.125. The van der Waals surface area contributed by atoms with E-state index in [1.54, 1.807) is 0 Å². The van der Waals surface area contributed by atoms with Crippen LogP contribution in [0.1, 0.15) is 111 Å². The molecule has 2 N–H and O–H groups in total. The Labute approximate surface area is 221 Å². The minimum absolute atomic E-state index is 0.125. The van der Waals surface area contributed by atoms with E-state index in [0.717, 1.165) is 39.0 Å². The molecule has 0 amide bonds. The van der Waals surface area contributed by atoms with Gasteiger partial charge in [0.1, 0.15) is 0 Å². The molecule has 1 aromatic heterocycles. The molecule has 2 aliphatic heterocycles. The van der Waals surface area contributed by atoms with Crippen LogP contribution in [0, 0.1) is 0 Å². The second kappa shape index (κ2) is 10.1. The van der Waals surface area contributed by atoms with Gasteiger partial charge in [0.15, 0.2) is 0 Å². The lowest BCUT2D eigenvalue weighted by atomic mass is 9.86. The highest BCUT2D eigenvalue weighted by atomic mass is 15.2. The Morgan fingerprint density at radius 1 is 0.750 bits per heavy atom. The number of nitrogens with zero attached hydrogens (tertiary/aromatic N) is 3. The monoisotopic (exact) mass is 495 g/mol. The highest BCUT2D eigenvalue weighted by Crippen LogP contribution is 2.31. The average Bonchev–Trinajstić information content (AvgIpc) is 3.15. The third kappa shape index (κ3) is 7.35. The summed E-state index contributed by atoms with van der Waals surface area (Å²) in [6, 6.07) is 6.85. The maximum atomic E-state index is 4.53. The first-order chi connectivity index (χ1) is 16.3. The normalized spacial score (nSPS) is 17.7. The maximum Gasteiger partial charge on any atom is 0.0711 e. The molecule has 0 aliphatic carbocycles. The molecule has 0 saturated heterocycles. The molecule has 2 aliphatic rings. The van der Waals surface area contributed by atoms with Crippen molar-refractivity contribution in [3.63, 3.8) is 0 Å². The van der Waals surface area contributed by atoms with Gasteiger partial charge in [0.2, 0.25) is 0 Å². The fourth-order valence-electron chi connectivity index (χ4n) is 5.15. The zero-order valence-electron chi connectivity index (χ0n) is 25.3. The van der Waals surface area contributed by atoms with Crippen LogP contribution in [0.3, 0.4) is 0 Å². The van der Waals surface area contributed by atoms with Crippen LogP contribution in [0.15, 0.2) is 18.2 Å². The summed E-state index contributed by atoms with van der Waals surface area (Å²) in [5, 5.41) is 11.3. The lowest BCUT2D eigenvalue weighted by molar-refractivity contribution is 0.119. The van der Waals surface area contributed by atoms with E-state index in [2.05, 4.69) is 127 Å². The van der Waals surface area contributed by atoms with Gasteiger partial charge in [-0.3, -0.25) is 14.9 Å². The zero-order chi connectivity index (χ0) is 27.1. The molecule has 5 heteroatoms. The third-order valence-corrected chi connectivity index (χ3v) is 7.28. The van der Waals surface area contributed by atoms with Gasteiger partial charge in [-0.2, -0.15) is 5.10 Å². The van der Waals surface area contributed by atoms with Crippen LogP contribution < -0.4 is 5.32 Å². The maximum absolute atomic E-state index is 4.53. The van der Waals surface area contributed by atoms with E-state index >= 15 is 0 Å². The second-order valence-corrected chi connectivity index (χ2v) is 14.8. The fraction of sp³-hybridized carbons (Fsp3) is 0.710. The molecule has 36 heavy (non-hydrogen) atoms. The Morgan fingerprint density at radius 2 is 1.33 bits per heavy atom. The standard InChI is InChI=1S/C17H28N2.C14H25N3/c1-16(2,3)18-15-8-7-14-12-19(17(4,5)6)10-9-13(14)11-15;1-13(2,3)12-10-7-8-17(14(4,5)6)9-11(10)15-16-12/h7-8,11,18H,9-10,12H2,1-6H3;7-9H2,1-6H3,(H,15,16). The second-order valence-electron chi connectivity index (χ2n) is 14.8. The summed E-state index contributed by atoms with van der Waals surface area (Å²) in [5.74, 6) is 0. The van der Waals surface area contributed by atoms with Crippen molar-refractivity contribution in [1.29, 1.82) is 0 Å². The van der Waals surface area contributed by atoms with Crippen molar-refractivity contribution in [1.82, 2.24) is 20.0 Å². The Kier molecular flexibility index (Phi) is 8.08. The van der Waals surface area contributed by atoms with E-state index in [1.807, 2.05) is 0 Å². The highest BCUT2D eigenvalue weighted by Gasteiger charge is 2.31. The number of aromatic amines is 1. The van der Waals surface area contributed by atoms with Crippen LogP contribution in [0.2, 0.25) is 0 Å². The summed E-state index contributed by atoms with van der Waals surface area (Å²) in [5.41, 5.74) is 9.04. The zero-order valence-corrected chi connectivity index (χ0v) is 25.3. The quantitative estimate of drug-likeness (QED) is 0.451. The van der Waals surface area contributed by atoms with Gasteiger partial charge >= 0.3 is 0 Å². The molecule has 3 heterocycles. The molecule has 0 spiro atoms. The van der Waals surface area contributed by atoms with Gasteiger partial charge in [-0.1, -0.05) is 26.8 Å². The van der Waals surface area contributed by atoms with Crippen molar-refractivity contribution in [2.24, 2.45) is 0 Å². The lowest BCUT2D eigenvalue weighted by Gasteiger charge is -2.39. The number of H-pyrrole nitrogens is 1. The molecular weight excluding hydrogens is 442 g/mol. The molecule has 1 aromatic carbocycles. The Morgan fingerprint density at radius 3 is 1.89 bits per heavy atom. The van der Waals surface area contributed by atoms with Crippen LogP contribution in [0.5, 0.6) is 0 Å². The molecular formula is C31H53N5. The summed E-state index contributed by atoms with van der Waals surface area (Å²) >= 11 is 0. The van der Waals surface area contributed by atoms with Crippen molar-refractivity contribution < 1.29 is 0 Å². The molecule has 5 nitrogen and oxygen atoms in total. The van der Waals surface area contributed by atoms with Crippen molar-refractivity contribution in [3.05, 3.63) is 46.3 Å². The van der Waals surface area contributed by atoms with Crippen LogP contribution in [-0.2, 0) is 31.3 Å². The largest absolute Gasteiger partial charge is 0.380 e.